The van der Waals surface area contributed by atoms with E-state index in [9.17, 15) is 9.18 Å². The van der Waals surface area contributed by atoms with Crippen molar-refractivity contribution in [3.63, 3.8) is 0 Å². The summed E-state index contributed by atoms with van der Waals surface area (Å²) in [7, 11) is 0. The van der Waals surface area contributed by atoms with Crippen molar-refractivity contribution in [3.8, 4) is 0 Å². The van der Waals surface area contributed by atoms with Gasteiger partial charge in [-0.3, -0.25) is 4.79 Å². The lowest BCUT2D eigenvalue weighted by molar-refractivity contribution is -0.113. The molecular formula is C20H21FN2OS. The summed E-state index contributed by atoms with van der Waals surface area (Å²) in [6.45, 7) is 3.96. The molecule has 1 heterocycles. The van der Waals surface area contributed by atoms with Gasteiger partial charge in [-0.05, 0) is 56.0 Å². The molecule has 0 saturated carbocycles. The van der Waals surface area contributed by atoms with Gasteiger partial charge in [-0.1, -0.05) is 42.5 Å². The third-order valence-electron chi connectivity index (χ3n) is 4.63. The molecule has 0 aliphatic carbocycles. The van der Waals surface area contributed by atoms with Gasteiger partial charge in [-0.25, -0.2) is 4.39 Å². The van der Waals surface area contributed by atoms with E-state index in [4.69, 9.17) is 12.2 Å². The lowest BCUT2D eigenvalue weighted by atomic mass is 9.96. The number of nitrogens with one attached hydrogen (secondary N) is 1. The Hall–Kier alpha value is -2.27. The maximum Gasteiger partial charge on any atom is 0.285 e. The summed E-state index contributed by atoms with van der Waals surface area (Å²) in [5.74, 6) is -0.517. The van der Waals surface area contributed by atoms with E-state index in [2.05, 4.69) is 5.32 Å². The number of rotatable bonds is 2. The smallest absolute Gasteiger partial charge is 0.285 e. The number of fused-ring (bicyclic) bond motifs is 1. The normalized spacial score (nSPS) is 17.6. The third kappa shape index (κ3) is 3.71. The van der Waals surface area contributed by atoms with Crippen LogP contribution in [0, 0.1) is 5.82 Å². The van der Waals surface area contributed by atoms with Gasteiger partial charge in [0.1, 0.15) is 5.82 Å². The molecule has 1 amide bonds. The van der Waals surface area contributed by atoms with Crippen LogP contribution in [0.25, 0.3) is 0 Å². The van der Waals surface area contributed by atoms with Crippen molar-refractivity contribution in [3.05, 3.63) is 65.5 Å². The number of carbonyl (C=O) groups is 1. The van der Waals surface area contributed by atoms with Crippen LogP contribution in [0.2, 0.25) is 0 Å². The molecule has 2 atom stereocenters. The summed E-state index contributed by atoms with van der Waals surface area (Å²) < 4.78 is 13.5. The molecule has 2 aromatic rings. The van der Waals surface area contributed by atoms with Crippen LogP contribution in [-0.2, 0) is 11.2 Å². The van der Waals surface area contributed by atoms with E-state index in [1.807, 2.05) is 44.2 Å². The number of halogens is 1. The van der Waals surface area contributed by atoms with E-state index in [1.165, 1.54) is 12.1 Å². The highest BCUT2D eigenvalue weighted by atomic mass is 32.1. The third-order valence-corrected chi connectivity index (χ3v) is 4.93. The lowest BCUT2D eigenvalue weighted by Crippen LogP contribution is -2.49. The van der Waals surface area contributed by atoms with Crippen molar-refractivity contribution in [2.45, 2.75) is 38.8 Å². The molecule has 0 spiro atoms. The zero-order valence-electron chi connectivity index (χ0n) is 14.3. The van der Waals surface area contributed by atoms with Crippen LogP contribution in [0.4, 0.5) is 10.1 Å². The first kappa shape index (κ1) is 17.5. The highest BCUT2D eigenvalue weighted by Crippen LogP contribution is 2.31. The van der Waals surface area contributed by atoms with Crippen molar-refractivity contribution in [2.24, 2.45) is 0 Å². The van der Waals surface area contributed by atoms with Gasteiger partial charge in [0.2, 0.25) is 0 Å². The number of hydrogen-bond donors (Lipinski definition) is 1. The van der Waals surface area contributed by atoms with Gasteiger partial charge in [0.05, 0.1) is 0 Å². The predicted molar refractivity (Wildman–Crippen MR) is 102 cm³/mol. The van der Waals surface area contributed by atoms with Gasteiger partial charge in [-0.2, -0.15) is 0 Å². The van der Waals surface area contributed by atoms with E-state index in [0.717, 1.165) is 29.7 Å². The fraction of sp³-hybridized carbons (Fsp3) is 0.300. The molecule has 0 saturated heterocycles. The summed E-state index contributed by atoms with van der Waals surface area (Å²) in [4.78, 5) is 14.8. The Morgan fingerprint density at radius 3 is 2.72 bits per heavy atom. The number of thiocarbonyl (C=S) groups is 1. The van der Waals surface area contributed by atoms with Crippen LogP contribution in [-0.4, -0.2) is 16.9 Å². The van der Waals surface area contributed by atoms with Crippen LogP contribution < -0.4 is 10.2 Å². The first-order valence-electron chi connectivity index (χ1n) is 8.45. The fourth-order valence-corrected chi connectivity index (χ4v) is 3.50. The molecule has 2 unspecified atom stereocenters. The zero-order chi connectivity index (χ0) is 18.0. The SMILES string of the molecule is CC(NC(=S)C(=O)N1c2ccc(F)cc2CCC1C)c1ccccc1. The number of aryl methyl sites for hydroxylation is 1. The fourth-order valence-electron chi connectivity index (χ4n) is 3.22. The summed E-state index contributed by atoms with van der Waals surface area (Å²) >= 11 is 5.37. The molecule has 25 heavy (non-hydrogen) atoms. The minimum atomic E-state index is -0.279. The molecule has 3 nitrogen and oxygen atoms in total. The van der Waals surface area contributed by atoms with Crippen LogP contribution in [0.15, 0.2) is 48.5 Å². The Kier molecular flexibility index (Phi) is 5.13. The second-order valence-electron chi connectivity index (χ2n) is 6.44. The molecule has 3 rings (SSSR count). The molecule has 0 bridgehead atoms. The van der Waals surface area contributed by atoms with Crippen molar-refractivity contribution < 1.29 is 9.18 Å². The molecule has 2 aromatic carbocycles. The second-order valence-corrected chi connectivity index (χ2v) is 6.85. The van der Waals surface area contributed by atoms with Crippen LogP contribution in [0.5, 0.6) is 0 Å². The second kappa shape index (κ2) is 7.31. The van der Waals surface area contributed by atoms with E-state index >= 15 is 0 Å². The number of anilines is 1. The summed E-state index contributed by atoms with van der Waals surface area (Å²) in [5.41, 5.74) is 2.67. The molecule has 1 aliphatic rings. The Bertz CT molecular complexity index is 794. The van der Waals surface area contributed by atoms with Gasteiger partial charge < -0.3 is 10.2 Å². The average molecular weight is 356 g/mol. The van der Waals surface area contributed by atoms with Crippen molar-refractivity contribution in [1.29, 1.82) is 0 Å². The Morgan fingerprint density at radius 2 is 2.00 bits per heavy atom. The van der Waals surface area contributed by atoms with Crippen molar-refractivity contribution >= 4 is 28.8 Å². The van der Waals surface area contributed by atoms with E-state index in [1.54, 1.807) is 11.0 Å². The maximum atomic E-state index is 13.5. The number of hydrogen-bond acceptors (Lipinski definition) is 2. The molecular weight excluding hydrogens is 335 g/mol. The van der Waals surface area contributed by atoms with Gasteiger partial charge in [-0.15, -0.1) is 0 Å². The van der Waals surface area contributed by atoms with Gasteiger partial charge in [0, 0.05) is 17.8 Å². The van der Waals surface area contributed by atoms with Crippen LogP contribution >= 0.6 is 12.2 Å². The molecule has 1 aliphatic heterocycles. The standard InChI is InChI=1S/C20H21FN2OS/c1-13-8-9-16-12-17(21)10-11-18(16)23(13)20(24)19(25)22-14(2)15-6-4-3-5-7-15/h3-7,10-14H,8-9H2,1-2H3,(H,22,25). The monoisotopic (exact) mass is 356 g/mol. The Labute approximate surface area is 152 Å². The number of amides is 1. The molecule has 0 fully saturated rings. The minimum Gasteiger partial charge on any atom is -0.365 e. The summed E-state index contributed by atoms with van der Waals surface area (Å²) in [6, 6.07) is 14.4. The largest absolute Gasteiger partial charge is 0.365 e. The highest BCUT2D eigenvalue weighted by Gasteiger charge is 2.31. The van der Waals surface area contributed by atoms with Gasteiger partial charge >= 0.3 is 0 Å². The summed E-state index contributed by atoms with van der Waals surface area (Å²) in [5, 5.41) is 3.12. The van der Waals surface area contributed by atoms with E-state index in [0.29, 0.717) is 0 Å². The number of benzene rings is 2. The zero-order valence-corrected chi connectivity index (χ0v) is 15.1. The summed E-state index contributed by atoms with van der Waals surface area (Å²) in [6.07, 6.45) is 1.55. The maximum absolute atomic E-state index is 13.5. The molecule has 130 valence electrons. The number of nitrogens with zero attached hydrogens (tertiary/aromatic N) is 1. The Balaban J connectivity index is 1.79. The number of carbonyl (C=O) groups excluding carboxylic acids is 1. The van der Waals surface area contributed by atoms with Gasteiger partial charge in [0.15, 0.2) is 4.99 Å². The quantitative estimate of drug-likeness (QED) is 0.820. The van der Waals surface area contributed by atoms with Crippen molar-refractivity contribution in [2.75, 3.05) is 4.90 Å². The molecule has 5 heteroatoms. The Morgan fingerprint density at radius 1 is 1.28 bits per heavy atom. The topological polar surface area (TPSA) is 32.3 Å². The highest BCUT2D eigenvalue weighted by molar-refractivity contribution is 7.82. The van der Waals surface area contributed by atoms with E-state index in [-0.39, 0.29) is 28.8 Å². The molecule has 1 N–H and O–H groups in total. The molecule has 0 aromatic heterocycles. The lowest BCUT2D eigenvalue weighted by Gasteiger charge is -2.35. The average Bonchev–Trinajstić information content (AvgIpc) is 2.62. The van der Waals surface area contributed by atoms with Crippen LogP contribution in [0.3, 0.4) is 0 Å². The molecule has 0 radical (unpaired) electrons. The first-order valence-corrected chi connectivity index (χ1v) is 8.85. The minimum absolute atomic E-state index is 0.0252. The van der Waals surface area contributed by atoms with Gasteiger partial charge in [0.25, 0.3) is 5.91 Å². The van der Waals surface area contributed by atoms with E-state index < -0.39 is 0 Å². The predicted octanol–water partition coefficient (Wildman–Crippen LogP) is 4.17. The van der Waals surface area contributed by atoms with Crippen molar-refractivity contribution in [1.82, 2.24) is 5.32 Å². The first-order chi connectivity index (χ1) is 12.0. The van der Waals surface area contributed by atoms with Crippen LogP contribution in [0.1, 0.15) is 37.4 Å².